The van der Waals surface area contributed by atoms with Crippen LogP contribution in [0.15, 0.2) is 71.6 Å². The van der Waals surface area contributed by atoms with Crippen molar-refractivity contribution >= 4 is 26.5 Å². The van der Waals surface area contributed by atoms with Crippen LogP contribution in [0.2, 0.25) is 0 Å². The lowest BCUT2D eigenvalue weighted by atomic mass is 10.1. The van der Waals surface area contributed by atoms with Gasteiger partial charge in [0.15, 0.2) is 0 Å². The predicted octanol–water partition coefficient (Wildman–Crippen LogP) is 3.57. The monoisotopic (exact) mass is 366 g/mol. The summed E-state index contributed by atoms with van der Waals surface area (Å²) in [5.74, 6) is 0. The summed E-state index contributed by atoms with van der Waals surface area (Å²) in [7, 11) is -3.48. The first-order valence-corrected chi connectivity index (χ1v) is 10.4. The fourth-order valence-electron chi connectivity index (χ4n) is 3.53. The third-order valence-electron chi connectivity index (χ3n) is 4.91. The zero-order valence-corrected chi connectivity index (χ0v) is 15.4. The van der Waals surface area contributed by atoms with Gasteiger partial charge in [0.2, 0.25) is 10.0 Å². The molecule has 4 nitrogen and oxygen atoms in total. The van der Waals surface area contributed by atoms with Crippen LogP contribution in [0.5, 0.6) is 0 Å². The summed E-state index contributed by atoms with van der Waals surface area (Å²) in [5, 5.41) is 1.98. The molecule has 4 rings (SSSR count). The maximum atomic E-state index is 12.5. The lowest BCUT2D eigenvalue weighted by molar-refractivity contribution is 0.578. The number of hydrogen-bond acceptors (Lipinski definition) is 3. The van der Waals surface area contributed by atoms with Crippen molar-refractivity contribution < 1.29 is 8.42 Å². The first-order chi connectivity index (χ1) is 12.6. The van der Waals surface area contributed by atoms with Gasteiger partial charge in [-0.05, 0) is 47.4 Å². The number of fused-ring (bicyclic) bond motifs is 2. The van der Waals surface area contributed by atoms with Crippen molar-refractivity contribution in [2.45, 2.75) is 17.7 Å². The van der Waals surface area contributed by atoms with Gasteiger partial charge in [0.25, 0.3) is 0 Å². The van der Waals surface area contributed by atoms with E-state index in [9.17, 15) is 8.42 Å². The van der Waals surface area contributed by atoms with E-state index < -0.39 is 10.0 Å². The molecule has 0 unspecified atom stereocenters. The van der Waals surface area contributed by atoms with Crippen LogP contribution in [-0.4, -0.2) is 28.1 Å². The van der Waals surface area contributed by atoms with Crippen LogP contribution in [0, 0.1) is 0 Å². The van der Waals surface area contributed by atoms with Crippen LogP contribution >= 0.6 is 0 Å². The van der Waals surface area contributed by atoms with Gasteiger partial charge < -0.3 is 4.90 Å². The fourth-order valence-corrected chi connectivity index (χ4v) is 4.64. The Labute approximate surface area is 154 Å². The van der Waals surface area contributed by atoms with Crippen LogP contribution < -0.4 is 9.62 Å². The molecule has 0 aromatic heterocycles. The molecular weight excluding hydrogens is 344 g/mol. The molecular formula is C21H22N2O2S. The van der Waals surface area contributed by atoms with E-state index in [4.69, 9.17) is 0 Å². The van der Waals surface area contributed by atoms with Crippen molar-refractivity contribution in [3.05, 3.63) is 72.3 Å². The first kappa shape index (κ1) is 17.1. The normalized spacial score (nSPS) is 13.9. The number of sulfonamides is 1. The fraction of sp³-hybridized carbons (Fsp3) is 0.238. The molecule has 0 radical (unpaired) electrons. The van der Waals surface area contributed by atoms with Gasteiger partial charge in [0.05, 0.1) is 4.90 Å². The molecule has 1 aliphatic heterocycles. The average Bonchev–Trinajstić information content (AvgIpc) is 3.08. The minimum absolute atomic E-state index is 0.322. The summed E-state index contributed by atoms with van der Waals surface area (Å²) in [6, 6.07) is 21.5. The van der Waals surface area contributed by atoms with Gasteiger partial charge in [-0.15, -0.1) is 0 Å². The molecule has 0 saturated carbocycles. The van der Waals surface area contributed by atoms with E-state index in [1.165, 1.54) is 11.3 Å². The van der Waals surface area contributed by atoms with Crippen molar-refractivity contribution in [3.63, 3.8) is 0 Å². The number of para-hydroxylation sites is 1. The number of benzene rings is 3. The topological polar surface area (TPSA) is 49.4 Å². The number of nitrogens with one attached hydrogen (secondary N) is 1. The maximum Gasteiger partial charge on any atom is 0.240 e. The van der Waals surface area contributed by atoms with Crippen LogP contribution in [0.1, 0.15) is 12.0 Å². The number of hydrogen-bond donors (Lipinski definition) is 1. The molecule has 1 N–H and O–H groups in total. The second kappa shape index (κ2) is 7.09. The quantitative estimate of drug-likeness (QED) is 0.679. The second-order valence-electron chi connectivity index (χ2n) is 6.63. The minimum Gasteiger partial charge on any atom is -0.371 e. The average molecular weight is 366 g/mol. The van der Waals surface area contributed by atoms with Crippen LogP contribution in [0.4, 0.5) is 5.69 Å². The zero-order chi connectivity index (χ0) is 18.0. The Morgan fingerprint density at radius 2 is 1.69 bits per heavy atom. The predicted molar refractivity (Wildman–Crippen MR) is 106 cm³/mol. The second-order valence-corrected chi connectivity index (χ2v) is 8.39. The zero-order valence-electron chi connectivity index (χ0n) is 14.6. The molecule has 0 saturated heterocycles. The summed E-state index contributed by atoms with van der Waals surface area (Å²) in [5.41, 5.74) is 2.66. The highest BCUT2D eigenvalue weighted by Gasteiger charge is 2.18. The van der Waals surface area contributed by atoms with Crippen molar-refractivity contribution in [1.82, 2.24) is 4.72 Å². The first-order valence-electron chi connectivity index (χ1n) is 8.95. The molecule has 0 fully saturated rings. The van der Waals surface area contributed by atoms with Gasteiger partial charge in [0, 0.05) is 25.3 Å². The number of anilines is 1. The molecule has 3 aromatic rings. The van der Waals surface area contributed by atoms with Gasteiger partial charge in [-0.1, -0.05) is 48.5 Å². The van der Waals surface area contributed by atoms with E-state index in [2.05, 4.69) is 33.9 Å². The molecule has 0 amide bonds. The summed E-state index contributed by atoms with van der Waals surface area (Å²) >= 11 is 0. The van der Waals surface area contributed by atoms with E-state index in [0.717, 1.165) is 36.7 Å². The summed E-state index contributed by atoms with van der Waals surface area (Å²) in [6.07, 6.45) is 1.85. The third-order valence-corrected chi connectivity index (χ3v) is 6.37. The summed E-state index contributed by atoms with van der Waals surface area (Å²) in [6.45, 7) is 2.31. The van der Waals surface area contributed by atoms with Gasteiger partial charge in [-0.3, -0.25) is 0 Å². The Bertz CT molecular complexity index is 1030. The van der Waals surface area contributed by atoms with Gasteiger partial charge >= 0.3 is 0 Å². The molecule has 3 aromatic carbocycles. The van der Waals surface area contributed by atoms with Gasteiger partial charge in [0.1, 0.15) is 0 Å². The number of nitrogens with zero attached hydrogens (tertiary/aromatic N) is 1. The molecule has 1 heterocycles. The molecule has 0 atom stereocenters. The van der Waals surface area contributed by atoms with Gasteiger partial charge in [-0.2, -0.15) is 0 Å². The molecule has 5 heteroatoms. The van der Waals surface area contributed by atoms with Crippen molar-refractivity contribution in [2.75, 3.05) is 24.5 Å². The minimum atomic E-state index is -3.48. The maximum absolute atomic E-state index is 12.5. The molecule has 0 aliphatic carbocycles. The van der Waals surface area contributed by atoms with Crippen LogP contribution in [-0.2, 0) is 16.4 Å². The molecule has 134 valence electrons. The lowest BCUT2D eigenvalue weighted by Gasteiger charge is -2.19. The molecule has 0 bridgehead atoms. The van der Waals surface area contributed by atoms with Crippen molar-refractivity contribution in [1.29, 1.82) is 0 Å². The van der Waals surface area contributed by atoms with Crippen molar-refractivity contribution in [3.8, 4) is 0 Å². The Kier molecular flexibility index (Phi) is 4.66. The third kappa shape index (κ3) is 3.45. The van der Waals surface area contributed by atoms with Gasteiger partial charge in [-0.25, -0.2) is 13.1 Å². The standard InChI is InChI=1S/C21H22N2O2S/c24-26(25,20-11-10-17-6-1-2-8-19(17)16-20)22-13-5-14-23-15-12-18-7-3-4-9-21(18)23/h1-4,6-11,16,22H,5,12-15H2. The SMILES string of the molecule is O=S(=O)(NCCCN1CCc2ccccc21)c1ccc2ccccc2c1. The highest BCUT2D eigenvalue weighted by molar-refractivity contribution is 7.89. The molecule has 0 spiro atoms. The molecule has 1 aliphatic rings. The lowest BCUT2D eigenvalue weighted by Crippen LogP contribution is -2.29. The van der Waals surface area contributed by atoms with E-state index in [1.807, 2.05) is 30.3 Å². The summed E-state index contributed by atoms with van der Waals surface area (Å²) in [4.78, 5) is 2.65. The molecule has 26 heavy (non-hydrogen) atoms. The van der Waals surface area contributed by atoms with Crippen LogP contribution in [0.3, 0.4) is 0 Å². The van der Waals surface area contributed by atoms with Crippen molar-refractivity contribution in [2.24, 2.45) is 0 Å². The highest BCUT2D eigenvalue weighted by atomic mass is 32.2. The highest BCUT2D eigenvalue weighted by Crippen LogP contribution is 2.27. The Morgan fingerprint density at radius 3 is 2.58 bits per heavy atom. The largest absolute Gasteiger partial charge is 0.371 e. The van der Waals surface area contributed by atoms with Crippen LogP contribution in [0.25, 0.3) is 10.8 Å². The van der Waals surface area contributed by atoms with E-state index in [-0.39, 0.29) is 0 Å². The smallest absolute Gasteiger partial charge is 0.240 e. The van der Waals surface area contributed by atoms with E-state index >= 15 is 0 Å². The van der Waals surface area contributed by atoms with E-state index in [1.54, 1.807) is 12.1 Å². The summed E-state index contributed by atoms with van der Waals surface area (Å²) < 4.78 is 27.8. The number of rotatable bonds is 6. The Hall–Kier alpha value is -2.37. The van der Waals surface area contributed by atoms with E-state index in [0.29, 0.717) is 11.4 Å². The Morgan fingerprint density at radius 1 is 0.923 bits per heavy atom. The Balaban J connectivity index is 1.36.